The van der Waals surface area contributed by atoms with Crippen LogP contribution in [0.3, 0.4) is 0 Å². The van der Waals surface area contributed by atoms with E-state index in [9.17, 15) is 13.2 Å². The van der Waals surface area contributed by atoms with Crippen molar-refractivity contribution in [2.45, 2.75) is 26.4 Å². The van der Waals surface area contributed by atoms with E-state index >= 15 is 0 Å². The highest BCUT2D eigenvalue weighted by Gasteiger charge is 2.21. The number of nitrogens with two attached hydrogens (primary N) is 1. The van der Waals surface area contributed by atoms with Crippen molar-refractivity contribution in [1.82, 2.24) is 0 Å². The molecular weight excluding hydrogens is 328 g/mol. The van der Waals surface area contributed by atoms with E-state index in [0.29, 0.717) is 0 Å². The third-order valence-corrected chi connectivity index (χ3v) is 2.73. The molecule has 1 rings (SSSR count). The number of hydrogen-bond donors (Lipinski definition) is 2. The summed E-state index contributed by atoms with van der Waals surface area (Å²) in [5.41, 5.74) is -0.615. The van der Waals surface area contributed by atoms with Gasteiger partial charge in [0.15, 0.2) is 11.5 Å². The first-order valence-corrected chi connectivity index (χ1v) is 7.90. The van der Waals surface area contributed by atoms with Gasteiger partial charge in [0.05, 0.1) is 19.9 Å². The lowest BCUT2D eigenvalue weighted by Gasteiger charge is -2.21. The summed E-state index contributed by atoms with van der Waals surface area (Å²) in [6, 6.07) is 2.47. The Bertz CT molecular complexity index is 680. The predicted molar refractivity (Wildman–Crippen MR) is 83.1 cm³/mol. The van der Waals surface area contributed by atoms with Crippen molar-refractivity contribution in [2.24, 2.45) is 5.14 Å². The highest BCUT2D eigenvalue weighted by Crippen LogP contribution is 2.39. The highest BCUT2D eigenvalue weighted by atomic mass is 32.2. The standard InChI is InChI=1S/C13H20N2O7S/c1-13(2,3)21-12(16)15-9-6-8(22-23(14,17)18)7-10(19-4)11(9)20-5/h6-7H,1-5H3,(H,15,16)(H2,14,17,18). The molecule has 1 aromatic carbocycles. The smallest absolute Gasteiger partial charge is 0.412 e. The molecule has 1 aromatic rings. The van der Waals surface area contributed by atoms with E-state index in [1.54, 1.807) is 20.8 Å². The molecule has 0 unspecified atom stereocenters. The number of methoxy groups -OCH3 is 2. The van der Waals surface area contributed by atoms with Crippen LogP contribution in [-0.4, -0.2) is 34.3 Å². The molecule has 23 heavy (non-hydrogen) atoms. The molecule has 0 aliphatic carbocycles. The Morgan fingerprint density at radius 1 is 1.17 bits per heavy atom. The van der Waals surface area contributed by atoms with Crippen LogP contribution < -0.4 is 24.1 Å². The maximum absolute atomic E-state index is 11.9. The molecule has 0 atom stereocenters. The zero-order valence-corrected chi connectivity index (χ0v) is 14.3. The van der Waals surface area contributed by atoms with Crippen LogP contribution in [0.5, 0.6) is 17.2 Å². The number of amides is 1. The van der Waals surface area contributed by atoms with E-state index in [1.165, 1.54) is 26.4 Å². The molecule has 0 radical (unpaired) electrons. The Kier molecular flexibility index (Phi) is 5.67. The van der Waals surface area contributed by atoms with Gasteiger partial charge in [-0.15, -0.1) is 0 Å². The fraction of sp³-hybridized carbons (Fsp3) is 0.462. The van der Waals surface area contributed by atoms with Gasteiger partial charge < -0.3 is 18.4 Å². The number of rotatable bonds is 5. The molecule has 0 bridgehead atoms. The molecule has 0 saturated carbocycles. The monoisotopic (exact) mass is 348 g/mol. The van der Waals surface area contributed by atoms with E-state index in [0.717, 1.165) is 0 Å². The largest absolute Gasteiger partial charge is 0.493 e. The number of carbonyl (C=O) groups excluding carboxylic acids is 1. The lowest BCUT2D eigenvalue weighted by Crippen LogP contribution is -2.27. The zero-order chi connectivity index (χ0) is 17.8. The lowest BCUT2D eigenvalue weighted by atomic mass is 10.2. The van der Waals surface area contributed by atoms with Gasteiger partial charge in [0.1, 0.15) is 11.4 Å². The van der Waals surface area contributed by atoms with Gasteiger partial charge >= 0.3 is 16.4 Å². The van der Waals surface area contributed by atoms with Gasteiger partial charge in [-0.2, -0.15) is 13.6 Å². The van der Waals surface area contributed by atoms with Gasteiger partial charge in [-0.3, -0.25) is 5.32 Å². The van der Waals surface area contributed by atoms with Crippen molar-refractivity contribution < 1.29 is 31.6 Å². The predicted octanol–water partition coefficient (Wildman–Crippen LogP) is 1.63. The molecule has 0 aromatic heterocycles. The second-order valence-electron chi connectivity index (χ2n) is 5.41. The molecule has 0 spiro atoms. The number of anilines is 1. The number of carbonyl (C=O) groups is 1. The normalized spacial score (nSPS) is 11.6. The highest BCUT2D eigenvalue weighted by molar-refractivity contribution is 7.84. The van der Waals surface area contributed by atoms with Crippen LogP contribution in [0, 0.1) is 0 Å². The molecule has 0 heterocycles. The van der Waals surface area contributed by atoms with Gasteiger partial charge in [0, 0.05) is 12.1 Å². The molecule has 3 N–H and O–H groups in total. The summed E-state index contributed by atoms with van der Waals surface area (Å²) in [5.74, 6) is 0.149. The summed E-state index contributed by atoms with van der Waals surface area (Å²) in [6.45, 7) is 5.10. The Morgan fingerprint density at radius 2 is 1.78 bits per heavy atom. The molecule has 130 valence electrons. The summed E-state index contributed by atoms with van der Waals surface area (Å²) in [7, 11) is -1.53. The van der Waals surface area contributed by atoms with Crippen molar-refractivity contribution in [3.63, 3.8) is 0 Å². The first-order valence-electron chi connectivity index (χ1n) is 6.43. The summed E-state index contributed by atoms with van der Waals surface area (Å²) in [6.07, 6.45) is -0.759. The van der Waals surface area contributed by atoms with Crippen molar-refractivity contribution in [1.29, 1.82) is 0 Å². The first-order chi connectivity index (χ1) is 10.4. The van der Waals surface area contributed by atoms with Crippen LogP contribution in [0.25, 0.3) is 0 Å². The van der Waals surface area contributed by atoms with Crippen LogP contribution in [0.2, 0.25) is 0 Å². The van der Waals surface area contributed by atoms with Crippen LogP contribution >= 0.6 is 0 Å². The summed E-state index contributed by atoms with van der Waals surface area (Å²) >= 11 is 0. The Morgan fingerprint density at radius 3 is 2.22 bits per heavy atom. The molecular formula is C13H20N2O7S. The van der Waals surface area contributed by atoms with E-state index in [2.05, 4.69) is 9.50 Å². The fourth-order valence-electron chi connectivity index (χ4n) is 1.63. The Labute approximate surface area is 134 Å². The van der Waals surface area contributed by atoms with Gasteiger partial charge in [0.2, 0.25) is 0 Å². The average molecular weight is 348 g/mol. The van der Waals surface area contributed by atoms with E-state index in [4.69, 9.17) is 19.3 Å². The Balaban J connectivity index is 3.21. The Hall–Kier alpha value is -2.20. The van der Waals surface area contributed by atoms with Crippen molar-refractivity contribution in [3.8, 4) is 17.2 Å². The van der Waals surface area contributed by atoms with Gasteiger partial charge in [-0.25, -0.2) is 4.79 Å². The molecule has 0 aliphatic rings. The van der Waals surface area contributed by atoms with Gasteiger partial charge in [0.25, 0.3) is 0 Å². The summed E-state index contributed by atoms with van der Waals surface area (Å²) in [4.78, 5) is 11.9. The fourth-order valence-corrected chi connectivity index (χ4v) is 1.99. The second kappa shape index (κ2) is 6.92. The number of ether oxygens (including phenoxy) is 3. The van der Waals surface area contributed by atoms with E-state index in [-0.39, 0.29) is 22.9 Å². The third kappa shape index (κ3) is 6.20. The molecule has 1 amide bonds. The minimum Gasteiger partial charge on any atom is -0.493 e. The summed E-state index contributed by atoms with van der Waals surface area (Å²) in [5, 5.41) is 7.27. The minimum atomic E-state index is -4.24. The molecule has 0 aliphatic heterocycles. The van der Waals surface area contributed by atoms with E-state index < -0.39 is 22.0 Å². The number of hydrogen-bond acceptors (Lipinski definition) is 7. The van der Waals surface area contributed by atoms with Gasteiger partial charge in [-0.1, -0.05) is 0 Å². The van der Waals surface area contributed by atoms with Crippen LogP contribution in [0.4, 0.5) is 10.5 Å². The molecule has 9 nitrogen and oxygen atoms in total. The molecule has 0 saturated heterocycles. The number of benzene rings is 1. The minimum absolute atomic E-state index is 0.0970. The molecule has 10 heteroatoms. The SMILES string of the molecule is COc1cc(OS(N)(=O)=O)cc(NC(=O)OC(C)(C)C)c1OC. The van der Waals surface area contributed by atoms with Crippen LogP contribution in [0.1, 0.15) is 20.8 Å². The maximum Gasteiger partial charge on any atom is 0.412 e. The first kappa shape index (κ1) is 18.8. The maximum atomic E-state index is 11.9. The van der Waals surface area contributed by atoms with Crippen LogP contribution in [-0.2, 0) is 15.0 Å². The van der Waals surface area contributed by atoms with E-state index in [1.807, 2.05) is 0 Å². The van der Waals surface area contributed by atoms with Gasteiger partial charge in [-0.05, 0) is 20.8 Å². The topological polar surface area (TPSA) is 126 Å². The van der Waals surface area contributed by atoms with Crippen molar-refractivity contribution >= 4 is 22.1 Å². The third-order valence-electron chi connectivity index (χ3n) is 2.30. The zero-order valence-electron chi connectivity index (χ0n) is 13.5. The van der Waals surface area contributed by atoms with Crippen molar-refractivity contribution in [3.05, 3.63) is 12.1 Å². The average Bonchev–Trinajstić information content (AvgIpc) is 2.33. The second-order valence-corrected chi connectivity index (χ2v) is 6.56. The summed E-state index contributed by atoms with van der Waals surface area (Å²) < 4.78 is 42.0. The lowest BCUT2D eigenvalue weighted by molar-refractivity contribution is 0.0635. The number of nitrogens with one attached hydrogen (secondary N) is 1. The van der Waals surface area contributed by atoms with Crippen molar-refractivity contribution in [2.75, 3.05) is 19.5 Å². The quantitative estimate of drug-likeness (QED) is 0.828. The molecule has 0 fully saturated rings. The van der Waals surface area contributed by atoms with Crippen LogP contribution in [0.15, 0.2) is 12.1 Å².